The smallest absolute Gasteiger partial charge is 0.112 e. The lowest BCUT2D eigenvalue weighted by atomic mass is 10.3. The normalized spacial score (nSPS) is 18.3. The molecule has 1 unspecified atom stereocenters. The van der Waals surface area contributed by atoms with Gasteiger partial charge in [-0.05, 0) is 6.08 Å². The van der Waals surface area contributed by atoms with Gasteiger partial charge in [0.25, 0.3) is 0 Å². The maximum absolute atomic E-state index is 5.29. The van der Waals surface area contributed by atoms with Gasteiger partial charge in [0.2, 0.25) is 0 Å². The first-order chi connectivity index (χ1) is 6.83. The molecule has 0 bridgehead atoms. The molecule has 14 heavy (non-hydrogen) atoms. The Balaban J connectivity index is 0.000000791. The Kier molecular flexibility index (Phi) is 7.95. The molecular formula is C12H20O2. The largest absolute Gasteiger partial charge is 0.494 e. The number of epoxide rings is 1. The summed E-state index contributed by atoms with van der Waals surface area (Å²) < 4.78 is 10.3. The lowest BCUT2D eigenvalue weighted by molar-refractivity contribution is 0.209. The quantitative estimate of drug-likeness (QED) is 0.370. The van der Waals surface area contributed by atoms with Crippen LogP contribution in [0.1, 0.15) is 20.3 Å². The summed E-state index contributed by atoms with van der Waals surface area (Å²) in [5, 5.41) is 0. The second kappa shape index (κ2) is 8.57. The van der Waals surface area contributed by atoms with E-state index >= 15 is 0 Å². The molecular weight excluding hydrogens is 176 g/mol. The Morgan fingerprint density at radius 3 is 2.71 bits per heavy atom. The maximum Gasteiger partial charge on any atom is 0.112 e. The molecule has 1 atom stereocenters. The van der Waals surface area contributed by atoms with Gasteiger partial charge in [-0.15, -0.1) is 0 Å². The topological polar surface area (TPSA) is 21.8 Å². The molecule has 0 saturated carbocycles. The van der Waals surface area contributed by atoms with Gasteiger partial charge in [0, 0.05) is 6.42 Å². The summed E-state index contributed by atoms with van der Waals surface area (Å²) in [6.07, 6.45) is 6.68. The van der Waals surface area contributed by atoms with E-state index in [1.54, 1.807) is 18.2 Å². The molecule has 1 saturated heterocycles. The first-order valence-corrected chi connectivity index (χ1v) is 5.05. The van der Waals surface area contributed by atoms with Gasteiger partial charge in [-0.1, -0.05) is 39.2 Å². The van der Waals surface area contributed by atoms with Crippen molar-refractivity contribution in [2.75, 3.05) is 13.2 Å². The van der Waals surface area contributed by atoms with Gasteiger partial charge in [0.15, 0.2) is 0 Å². The summed E-state index contributed by atoms with van der Waals surface area (Å²) in [4.78, 5) is 0. The van der Waals surface area contributed by atoms with Gasteiger partial charge >= 0.3 is 0 Å². The number of hydrogen-bond donors (Lipinski definition) is 0. The minimum absolute atomic E-state index is 0.432. The Bertz CT molecular complexity index is 190. The van der Waals surface area contributed by atoms with Crippen LogP contribution in [0.5, 0.6) is 0 Å². The third-order valence-electron chi connectivity index (χ3n) is 1.55. The average Bonchev–Trinajstić information content (AvgIpc) is 3.02. The number of rotatable bonds is 6. The fourth-order valence-electron chi connectivity index (χ4n) is 0.780. The summed E-state index contributed by atoms with van der Waals surface area (Å²) in [5.41, 5.74) is 0. The third kappa shape index (κ3) is 7.62. The van der Waals surface area contributed by atoms with E-state index in [0.717, 1.165) is 13.0 Å². The highest BCUT2D eigenvalue weighted by Gasteiger charge is 2.21. The molecule has 80 valence electrons. The van der Waals surface area contributed by atoms with E-state index in [-0.39, 0.29) is 0 Å². The molecule has 0 spiro atoms. The van der Waals surface area contributed by atoms with Crippen LogP contribution in [0.15, 0.2) is 37.1 Å². The van der Waals surface area contributed by atoms with Crippen molar-refractivity contribution < 1.29 is 9.47 Å². The molecule has 0 amide bonds. The first-order valence-electron chi connectivity index (χ1n) is 5.05. The Morgan fingerprint density at radius 2 is 2.21 bits per heavy atom. The molecule has 1 heterocycles. The van der Waals surface area contributed by atoms with E-state index in [0.29, 0.717) is 18.5 Å². The van der Waals surface area contributed by atoms with E-state index in [1.807, 2.05) is 13.8 Å². The van der Waals surface area contributed by atoms with Crippen LogP contribution >= 0.6 is 0 Å². The molecule has 2 nitrogen and oxygen atoms in total. The van der Waals surface area contributed by atoms with Crippen molar-refractivity contribution in [3.63, 3.8) is 0 Å². The lowest BCUT2D eigenvalue weighted by Crippen LogP contribution is -1.96. The van der Waals surface area contributed by atoms with Crippen molar-refractivity contribution in [2.24, 2.45) is 0 Å². The van der Waals surface area contributed by atoms with Crippen LogP contribution in [-0.4, -0.2) is 19.3 Å². The molecule has 1 fully saturated rings. The fraction of sp³-hybridized carbons (Fsp3) is 0.500. The molecule has 1 rings (SSSR count). The highest BCUT2D eigenvalue weighted by molar-refractivity contribution is 5.12. The zero-order valence-electron chi connectivity index (χ0n) is 9.16. The van der Waals surface area contributed by atoms with Crippen molar-refractivity contribution in [1.82, 2.24) is 0 Å². The molecule has 0 aliphatic carbocycles. The molecule has 2 heteroatoms. The van der Waals surface area contributed by atoms with Gasteiger partial charge in [-0.25, -0.2) is 0 Å². The van der Waals surface area contributed by atoms with Gasteiger partial charge < -0.3 is 9.47 Å². The molecule has 0 aromatic heterocycles. The fourth-order valence-corrected chi connectivity index (χ4v) is 0.780. The lowest BCUT2D eigenvalue weighted by Gasteiger charge is -2.02. The standard InChI is InChI=1S/C10H14O2.C2H6/c1-3-4-5-9(2)11-7-6-10-8-12-10;1-2/h3-5,10H,1-2,6-8H2;1-2H3/b5-4-;. The molecule has 1 aliphatic heterocycles. The number of hydrogen-bond acceptors (Lipinski definition) is 2. The highest BCUT2D eigenvalue weighted by Crippen LogP contribution is 2.13. The van der Waals surface area contributed by atoms with Crippen LogP contribution in [0.4, 0.5) is 0 Å². The summed E-state index contributed by atoms with van der Waals surface area (Å²) in [6, 6.07) is 0. The van der Waals surface area contributed by atoms with E-state index in [9.17, 15) is 0 Å². The minimum Gasteiger partial charge on any atom is -0.494 e. The Labute approximate surface area is 86.9 Å². The highest BCUT2D eigenvalue weighted by atomic mass is 16.6. The molecule has 0 N–H and O–H groups in total. The minimum atomic E-state index is 0.432. The summed E-state index contributed by atoms with van der Waals surface area (Å²) in [5.74, 6) is 0.676. The van der Waals surface area contributed by atoms with Gasteiger partial charge in [0.1, 0.15) is 5.76 Å². The maximum atomic E-state index is 5.29. The van der Waals surface area contributed by atoms with Crippen molar-refractivity contribution in [3.05, 3.63) is 37.1 Å². The first kappa shape index (κ1) is 13.0. The second-order valence-corrected chi connectivity index (χ2v) is 2.65. The molecule has 0 radical (unpaired) electrons. The van der Waals surface area contributed by atoms with E-state index in [1.165, 1.54) is 0 Å². The zero-order chi connectivity index (χ0) is 10.8. The van der Waals surface area contributed by atoms with Crippen LogP contribution in [0.3, 0.4) is 0 Å². The average molecular weight is 196 g/mol. The van der Waals surface area contributed by atoms with E-state index in [2.05, 4.69) is 13.2 Å². The third-order valence-corrected chi connectivity index (χ3v) is 1.55. The zero-order valence-corrected chi connectivity index (χ0v) is 9.16. The van der Waals surface area contributed by atoms with E-state index in [4.69, 9.17) is 9.47 Å². The molecule has 0 aromatic rings. The summed E-state index contributed by atoms with van der Waals surface area (Å²) in [7, 11) is 0. The van der Waals surface area contributed by atoms with Gasteiger partial charge in [-0.2, -0.15) is 0 Å². The van der Waals surface area contributed by atoms with Crippen LogP contribution in [0.25, 0.3) is 0 Å². The SMILES string of the molecule is C=C/C=C\C(=C)OCCC1CO1.CC. The predicted molar refractivity (Wildman–Crippen MR) is 60.1 cm³/mol. The monoisotopic (exact) mass is 196 g/mol. The predicted octanol–water partition coefficient (Wildman–Crippen LogP) is 3.07. The molecule has 1 aliphatic rings. The van der Waals surface area contributed by atoms with Crippen molar-refractivity contribution in [2.45, 2.75) is 26.4 Å². The summed E-state index contributed by atoms with van der Waals surface area (Å²) in [6.45, 7) is 12.8. The van der Waals surface area contributed by atoms with Crippen LogP contribution in [0, 0.1) is 0 Å². The van der Waals surface area contributed by atoms with Crippen molar-refractivity contribution in [3.8, 4) is 0 Å². The summed E-state index contributed by atoms with van der Waals surface area (Å²) >= 11 is 0. The second-order valence-electron chi connectivity index (χ2n) is 2.65. The Morgan fingerprint density at radius 1 is 1.57 bits per heavy atom. The van der Waals surface area contributed by atoms with Gasteiger partial charge in [-0.3, -0.25) is 0 Å². The van der Waals surface area contributed by atoms with Crippen molar-refractivity contribution >= 4 is 0 Å². The Hall–Kier alpha value is -1.02. The van der Waals surface area contributed by atoms with Crippen molar-refractivity contribution in [1.29, 1.82) is 0 Å². The number of ether oxygens (including phenoxy) is 2. The number of allylic oxidation sites excluding steroid dienone is 3. The van der Waals surface area contributed by atoms with Crippen LogP contribution in [-0.2, 0) is 9.47 Å². The van der Waals surface area contributed by atoms with Crippen LogP contribution < -0.4 is 0 Å². The van der Waals surface area contributed by atoms with Gasteiger partial charge in [0.05, 0.1) is 19.3 Å². The molecule has 0 aromatic carbocycles. The van der Waals surface area contributed by atoms with E-state index < -0.39 is 0 Å². The van der Waals surface area contributed by atoms with Crippen LogP contribution in [0.2, 0.25) is 0 Å².